The summed E-state index contributed by atoms with van der Waals surface area (Å²) in [6.45, 7) is 8.52. The van der Waals surface area contributed by atoms with Crippen molar-refractivity contribution in [3.63, 3.8) is 0 Å². The molecule has 0 bridgehead atoms. The second-order valence-corrected chi connectivity index (χ2v) is 4.79. The summed E-state index contributed by atoms with van der Waals surface area (Å²) in [6, 6.07) is 4.12. The normalized spacial score (nSPS) is 20.6. The van der Waals surface area contributed by atoms with Crippen molar-refractivity contribution in [2.75, 3.05) is 31.1 Å². The predicted octanol–water partition coefficient (Wildman–Crippen LogP) is 1.61. The molecule has 1 N–H and O–H groups in total. The highest BCUT2D eigenvalue weighted by molar-refractivity contribution is 5.37. The Labute approximate surface area is 103 Å². The molecule has 1 aromatic heterocycles. The fourth-order valence-corrected chi connectivity index (χ4v) is 2.35. The van der Waals surface area contributed by atoms with E-state index in [9.17, 15) is 0 Å². The molecule has 94 valence electrons. The van der Waals surface area contributed by atoms with E-state index < -0.39 is 0 Å². The van der Waals surface area contributed by atoms with E-state index in [1.165, 1.54) is 12.8 Å². The van der Waals surface area contributed by atoms with E-state index in [-0.39, 0.29) is 0 Å². The van der Waals surface area contributed by atoms with Crippen LogP contribution < -0.4 is 10.2 Å². The molecular formula is C13H22N4. The number of aryl methyl sites for hydroxylation is 1. The van der Waals surface area contributed by atoms with E-state index in [1.54, 1.807) is 0 Å². The van der Waals surface area contributed by atoms with E-state index in [0.29, 0.717) is 0 Å². The highest BCUT2D eigenvalue weighted by atomic mass is 15.3. The van der Waals surface area contributed by atoms with Crippen molar-refractivity contribution in [3.05, 3.63) is 17.8 Å². The Morgan fingerprint density at radius 3 is 3.00 bits per heavy atom. The number of rotatable bonds is 4. The highest BCUT2D eigenvalue weighted by Gasteiger charge is 2.20. The van der Waals surface area contributed by atoms with Gasteiger partial charge in [0.05, 0.1) is 5.69 Å². The van der Waals surface area contributed by atoms with Crippen molar-refractivity contribution < 1.29 is 0 Å². The van der Waals surface area contributed by atoms with Crippen molar-refractivity contribution in [3.8, 4) is 0 Å². The summed E-state index contributed by atoms with van der Waals surface area (Å²) in [5.74, 6) is 1.77. The Hall–Kier alpha value is -1.16. The number of nitrogens with zero attached hydrogens (tertiary/aromatic N) is 3. The molecule has 1 unspecified atom stereocenters. The lowest BCUT2D eigenvalue weighted by Gasteiger charge is -2.33. The maximum atomic E-state index is 4.27. The van der Waals surface area contributed by atoms with Crippen LogP contribution in [0.4, 0.5) is 5.82 Å². The van der Waals surface area contributed by atoms with Gasteiger partial charge in [0.2, 0.25) is 0 Å². The number of hydrogen-bond donors (Lipinski definition) is 1. The number of hydrogen-bond acceptors (Lipinski definition) is 4. The van der Waals surface area contributed by atoms with E-state index in [2.05, 4.69) is 33.4 Å². The van der Waals surface area contributed by atoms with Crippen LogP contribution in [0.3, 0.4) is 0 Å². The minimum absolute atomic E-state index is 0.742. The molecule has 0 aliphatic carbocycles. The fraction of sp³-hybridized carbons (Fsp3) is 0.692. The Bertz CT molecular complexity index is 336. The summed E-state index contributed by atoms with van der Waals surface area (Å²) < 4.78 is 0. The Kier molecular flexibility index (Phi) is 4.31. The van der Waals surface area contributed by atoms with Gasteiger partial charge in [0.25, 0.3) is 0 Å². The third kappa shape index (κ3) is 3.40. The maximum Gasteiger partial charge on any atom is 0.151 e. The summed E-state index contributed by atoms with van der Waals surface area (Å²) in [5.41, 5.74) is 0.981. The van der Waals surface area contributed by atoms with Crippen LogP contribution >= 0.6 is 0 Å². The van der Waals surface area contributed by atoms with E-state index in [4.69, 9.17) is 0 Å². The maximum absolute atomic E-state index is 4.27. The quantitative estimate of drug-likeness (QED) is 0.859. The number of piperidine rings is 1. The average Bonchev–Trinajstić information content (AvgIpc) is 2.37. The molecule has 2 heterocycles. The molecule has 1 aliphatic rings. The molecule has 1 aromatic rings. The fourth-order valence-electron chi connectivity index (χ4n) is 2.35. The molecule has 0 amide bonds. The van der Waals surface area contributed by atoms with Gasteiger partial charge in [-0.25, -0.2) is 0 Å². The van der Waals surface area contributed by atoms with Crippen LogP contribution in [0, 0.1) is 12.8 Å². The topological polar surface area (TPSA) is 41.0 Å². The zero-order valence-electron chi connectivity index (χ0n) is 10.8. The smallest absolute Gasteiger partial charge is 0.151 e. The van der Waals surface area contributed by atoms with Crippen LogP contribution in [0.15, 0.2) is 12.1 Å². The average molecular weight is 234 g/mol. The van der Waals surface area contributed by atoms with Crippen LogP contribution in [0.2, 0.25) is 0 Å². The van der Waals surface area contributed by atoms with Crippen molar-refractivity contribution in [2.45, 2.75) is 26.7 Å². The van der Waals surface area contributed by atoms with Crippen LogP contribution in [0.25, 0.3) is 0 Å². The van der Waals surface area contributed by atoms with Crippen LogP contribution in [0.5, 0.6) is 0 Å². The van der Waals surface area contributed by atoms with Gasteiger partial charge >= 0.3 is 0 Å². The van der Waals surface area contributed by atoms with Crippen LogP contribution in [-0.4, -0.2) is 36.4 Å². The van der Waals surface area contributed by atoms with E-state index in [1.807, 2.05) is 13.0 Å². The summed E-state index contributed by atoms with van der Waals surface area (Å²) in [6.07, 6.45) is 2.58. The molecule has 1 aliphatic heterocycles. The molecule has 2 rings (SSSR count). The monoisotopic (exact) mass is 234 g/mol. The number of aromatic nitrogens is 2. The summed E-state index contributed by atoms with van der Waals surface area (Å²) in [4.78, 5) is 2.36. The first-order valence-corrected chi connectivity index (χ1v) is 6.55. The second kappa shape index (κ2) is 5.96. The van der Waals surface area contributed by atoms with Crippen LogP contribution in [-0.2, 0) is 0 Å². The molecule has 0 saturated carbocycles. The largest absolute Gasteiger partial charge is 0.355 e. The SMILES string of the molecule is CCNCC1CCCN(c2ccc(C)nn2)C1. The summed E-state index contributed by atoms with van der Waals surface area (Å²) in [7, 11) is 0. The lowest BCUT2D eigenvalue weighted by atomic mass is 9.98. The first-order chi connectivity index (χ1) is 8.29. The van der Waals surface area contributed by atoms with Gasteiger partial charge in [-0.3, -0.25) is 0 Å². The van der Waals surface area contributed by atoms with Gasteiger partial charge in [-0.2, -0.15) is 5.10 Å². The molecule has 1 saturated heterocycles. The lowest BCUT2D eigenvalue weighted by molar-refractivity contribution is 0.393. The molecule has 0 spiro atoms. The third-order valence-electron chi connectivity index (χ3n) is 3.31. The van der Waals surface area contributed by atoms with Gasteiger partial charge in [0, 0.05) is 13.1 Å². The molecule has 0 aromatic carbocycles. The Balaban J connectivity index is 1.94. The minimum Gasteiger partial charge on any atom is -0.355 e. The molecule has 1 atom stereocenters. The predicted molar refractivity (Wildman–Crippen MR) is 70.2 cm³/mol. The van der Waals surface area contributed by atoms with Crippen molar-refractivity contribution in [1.29, 1.82) is 0 Å². The first-order valence-electron chi connectivity index (χ1n) is 6.55. The zero-order valence-corrected chi connectivity index (χ0v) is 10.8. The van der Waals surface area contributed by atoms with Gasteiger partial charge in [-0.1, -0.05) is 6.92 Å². The number of nitrogens with one attached hydrogen (secondary N) is 1. The number of anilines is 1. The lowest BCUT2D eigenvalue weighted by Crippen LogP contribution is -2.40. The van der Waals surface area contributed by atoms with Crippen molar-refractivity contribution in [1.82, 2.24) is 15.5 Å². The van der Waals surface area contributed by atoms with E-state index >= 15 is 0 Å². The highest BCUT2D eigenvalue weighted by Crippen LogP contribution is 2.20. The molecule has 4 nitrogen and oxygen atoms in total. The first kappa shape index (κ1) is 12.3. The van der Waals surface area contributed by atoms with Gasteiger partial charge in [-0.05, 0) is 50.9 Å². The molecule has 1 fully saturated rings. The molecular weight excluding hydrogens is 212 g/mol. The molecule has 4 heteroatoms. The summed E-state index contributed by atoms with van der Waals surface area (Å²) in [5, 5.41) is 11.8. The third-order valence-corrected chi connectivity index (χ3v) is 3.31. The van der Waals surface area contributed by atoms with Crippen LogP contribution in [0.1, 0.15) is 25.5 Å². The second-order valence-electron chi connectivity index (χ2n) is 4.79. The summed E-state index contributed by atoms with van der Waals surface area (Å²) >= 11 is 0. The van der Waals surface area contributed by atoms with Crippen molar-refractivity contribution in [2.24, 2.45) is 5.92 Å². The Morgan fingerprint density at radius 1 is 1.41 bits per heavy atom. The standard InChI is InChI=1S/C13H22N4/c1-3-14-9-12-5-4-8-17(10-12)13-7-6-11(2)15-16-13/h6-7,12,14H,3-5,8-10H2,1-2H3. The van der Waals surface area contributed by atoms with Gasteiger partial charge in [0.1, 0.15) is 0 Å². The van der Waals surface area contributed by atoms with Crippen molar-refractivity contribution >= 4 is 5.82 Å². The zero-order chi connectivity index (χ0) is 12.1. The Morgan fingerprint density at radius 2 is 2.29 bits per heavy atom. The van der Waals surface area contributed by atoms with E-state index in [0.717, 1.165) is 43.6 Å². The molecule has 17 heavy (non-hydrogen) atoms. The minimum atomic E-state index is 0.742. The van der Waals surface area contributed by atoms with Gasteiger partial charge in [-0.15, -0.1) is 5.10 Å². The van der Waals surface area contributed by atoms with Gasteiger partial charge < -0.3 is 10.2 Å². The van der Waals surface area contributed by atoms with Gasteiger partial charge in [0.15, 0.2) is 5.82 Å². The molecule has 0 radical (unpaired) electrons.